The van der Waals surface area contributed by atoms with Crippen LogP contribution in [0.4, 0.5) is 5.69 Å². The van der Waals surface area contributed by atoms with Gasteiger partial charge in [-0.3, -0.25) is 0 Å². The number of methoxy groups -OCH3 is 1. The van der Waals surface area contributed by atoms with Crippen LogP contribution in [0.5, 0.6) is 5.75 Å². The van der Waals surface area contributed by atoms with E-state index in [9.17, 15) is 0 Å². The standard InChI is InChI=1S/C18H22N2O/c1-13-8-9-14(2)15(12-13)10-11-16-17(20(3)19)6-5-7-18(16)21-4/h5-12H,19H2,1-4H3/b11-10+. The van der Waals surface area contributed by atoms with E-state index in [-0.39, 0.29) is 0 Å². The van der Waals surface area contributed by atoms with Gasteiger partial charge in [-0.05, 0) is 43.2 Å². The second-order valence-corrected chi connectivity index (χ2v) is 5.20. The fraction of sp³-hybridized carbons (Fsp3) is 0.222. The summed E-state index contributed by atoms with van der Waals surface area (Å²) in [5.74, 6) is 6.72. The highest BCUT2D eigenvalue weighted by molar-refractivity contribution is 5.81. The smallest absolute Gasteiger partial charge is 0.128 e. The number of rotatable bonds is 4. The number of benzene rings is 2. The van der Waals surface area contributed by atoms with Crippen LogP contribution in [0, 0.1) is 13.8 Å². The molecular formula is C18H22N2O. The van der Waals surface area contributed by atoms with Crippen molar-refractivity contribution in [3.63, 3.8) is 0 Å². The molecule has 0 aromatic heterocycles. The van der Waals surface area contributed by atoms with Crippen molar-refractivity contribution in [3.8, 4) is 5.75 Å². The van der Waals surface area contributed by atoms with E-state index >= 15 is 0 Å². The summed E-state index contributed by atoms with van der Waals surface area (Å²) >= 11 is 0. The molecule has 0 radical (unpaired) electrons. The SMILES string of the molecule is COc1cccc(N(C)N)c1/C=C/c1cc(C)ccc1C. The van der Waals surface area contributed by atoms with Gasteiger partial charge >= 0.3 is 0 Å². The number of aryl methyl sites for hydroxylation is 2. The Bertz CT molecular complexity index is 660. The number of ether oxygens (including phenoxy) is 1. The highest BCUT2D eigenvalue weighted by Crippen LogP contribution is 2.30. The summed E-state index contributed by atoms with van der Waals surface area (Å²) in [7, 11) is 3.49. The van der Waals surface area contributed by atoms with Crippen LogP contribution in [0.2, 0.25) is 0 Å². The molecular weight excluding hydrogens is 260 g/mol. The van der Waals surface area contributed by atoms with Crippen molar-refractivity contribution >= 4 is 17.8 Å². The van der Waals surface area contributed by atoms with E-state index in [1.54, 1.807) is 12.1 Å². The molecule has 0 fully saturated rings. The van der Waals surface area contributed by atoms with Crippen LogP contribution < -0.4 is 15.6 Å². The van der Waals surface area contributed by atoms with Crippen LogP contribution in [0.3, 0.4) is 0 Å². The minimum atomic E-state index is 0.811. The lowest BCUT2D eigenvalue weighted by Crippen LogP contribution is -2.25. The molecule has 0 spiro atoms. The lowest BCUT2D eigenvalue weighted by atomic mass is 10.0. The third-order valence-corrected chi connectivity index (χ3v) is 3.51. The molecule has 2 aromatic carbocycles. The van der Waals surface area contributed by atoms with Gasteiger partial charge in [-0.15, -0.1) is 0 Å². The molecule has 0 bridgehead atoms. The van der Waals surface area contributed by atoms with E-state index in [1.165, 1.54) is 16.7 Å². The van der Waals surface area contributed by atoms with Crippen LogP contribution in [-0.4, -0.2) is 14.2 Å². The Hall–Kier alpha value is -2.26. The van der Waals surface area contributed by atoms with E-state index in [0.29, 0.717) is 0 Å². The summed E-state index contributed by atoms with van der Waals surface area (Å²) in [4.78, 5) is 0. The van der Waals surface area contributed by atoms with E-state index in [4.69, 9.17) is 10.6 Å². The molecule has 0 heterocycles. The van der Waals surface area contributed by atoms with Crippen molar-refractivity contribution in [2.24, 2.45) is 5.84 Å². The first-order chi connectivity index (χ1) is 10.0. The van der Waals surface area contributed by atoms with Crippen molar-refractivity contribution in [2.45, 2.75) is 13.8 Å². The normalized spacial score (nSPS) is 10.9. The lowest BCUT2D eigenvalue weighted by Gasteiger charge is -2.17. The molecule has 0 unspecified atom stereocenters. The molecule has 3 nitrogen and oxygen atoms in total. The molecule has 2 rings (SSSR count). The summed E-state index contributed by atoms with van der Waals surface area (Å²) in [5.41, 5.74) is 5.60. The molecule has 0 aliphatic heterocycles. The summed E-state index contributed by atoms with van der Waals surface area (Å²) in [6.07, 6.45) is 4.16. The average Bonchev–Trinajstić information content (AvgIpc) is 2.47. The highest BCUT2D eigenvalue weighted by atomic mass is 16.5. The van der Waals surface area contributed by atoms with Gasteiger partial charge in [0.1, 0.15) is 5.75 Å². The van der Waals surface area contributed by atoms with E-state index < -0.39 is 0 Å². The summed E-state index contributed by atoms with van der Waals surface area (Å²) in [6.45, 7) is 4.20. The van der Waals surface area contributed by atoms with Gasteiger partial charge in [-0.2, -0.15) is 0 Å². The summed E-state index contributed by atoms with van der Waals surface area (Å²) in [5, 5.41) is 1.60. The third-order valence-electron chi connectivity index (χ3n) is 3.51. The van der Waals surface area contributed by atoms with E-state index in [1.807, 2.05) is 25.2 Å². The van der Waals surface area contributed by atoms with Gasteiger partial charge in [0.25, 0.3) is 0 Å². The zero-order valence-electron chi connectivity index (χ0n) is 13.1. The maximum Gasteiger partial charge on any atom is 0.128 e. The Kier molecular flexibility index (Phi) is 4.66. The fourth-order valence-corrected chi connectivity index (χ4v) is 2.30. The molecule has 0 saturated carbocycles. The number of hydrogen-bond acceptors (Lipinski definition) is 3. The van der Waals surface area contributed by atoms with Gasteiger partial charge in [-0.25, -0.2) is 5.84 Å². The number of nitrogens with two attached hydrogens (primary N) is 1. The van der Waals surface area contributed by atoms with Crippen LogP contribution in [-0.2, 0) is 0 Å². The van der Waals surface area contributed by atoms with Gasteiger partial charge in [0.05, 0.1) is 12.8 Å². The number of hydrazine groups is 1. The zero-order chi connectivity index (χ0) is 15.4. The molecule has 0 atom stereocenters. The highest BCUT2D eigenvalue weighted by Gasteiger charge is 2.08. The van der Waals surface area contributed by atoms with E-state index in [2.05, 4.69) is 44.2 Å². The lowest BCUT2D eigenvalue weighted by molar-refractivity contribution is 0.414. The Morgan fingerprint density at radius 2 is 1.86 bits per heavy atom. The van der Waals surface area contributed by atoms with Gasteiger partial charge in [0.15, 0.2) is 0 Å². The molecule has 3 heteroatoms. The second kappa shape index (κ2) is 6.46. The van der Waals surface area contributed by atoms with Crippen molar-refractivity contribution in [3.05, 3.63) is 58.7 Å². The Labute approximate surface area is 126 Å². The predicted molar refractivity (Wildman–Crippen MR) is 90.4 cm³/mol. The quantitative estimate of drug-likeness (QED) is 0.527. The summed E-state index contributed by atoms with van der Waals surface area (Å²) in [6, 6.07) is 12.3. The van der Waals surface area contributed by atoms with Crippen molar-refractivity contribution < 1.29 is 4.74 Å². The maximum absolute atomic E-state index is 5.90. The largest absolute Gasteiger partial charge is 0.496 e. The second-order valence-electron chi connectivity index (χ2n) is 5.20. The maximum atomic E-state index is 5.90. The first kappa shape index (κ1) is 15.1. The molecule has 21 heavy (non-hydrogen) atoms. The monoisotopic (exact) mass is 282 g/mol. The Morgan fingerprint density at radius 1 is 1.10 bits per heavy atom. The first-order valence-corrected chi connectivity index (χ1v) is 6.93. The number of nitrogens with zero attached hydrogens (tertiary/aromatic N) is 1. The van der Waals surface area contributed by atoms with Crippen LogP contribution in [0.25, 0.3) is 12.2 Å². The number of anilines is 1. The van der Waals surface area contributed by atoms with Crippen LogP contribution in [0.15, 0.2) is 36.4 Å². The van der Waals surface area contributed by atoms with Gasteiger partial charge in [0, 0.05) is 12.6 Å². The average molecular weight is 282 g/mol. The minimum absolute atomic E-state index is 0.811. The van der Waals surface area contributed by atoms with Gasteiger partial charge in [-0.1, -0.05) is 35.9 Å². The molecule has 2 N–H and O–H groups in total. The number of hydrogen-bond donors (Lipinski definition) is 1. The van der Waals surface area contributed by atoms with Gasteiger partial charge < -0.3 is 9.75 Å². The minimum Gasteiger partial charge on any atom is -0.496 e. The molecule has 0 aliphatic rings. The fourth-order valence-electron chi connectivity index (χ4n) is 2.30. The molecule has 0 amide bonds. The Balaban J connectivity index is 2.47. The zero-order valence-corrected chi connectivity index (χ0v) is 13.1. The van der Waals surface area contributed by atoms with E-state index in [0.717, 1.165) is 17.0 Å². The first-order valence-electron chi connectivity index (χ1n) is 6.93. The topological polar surface area (TPSA) is 38.5 Å². The van der Waals surface area contributed by atoms with Gasteiger partial charge in [0.2, 0.25) is 0 Å². The van der Waals surface area contributed by atoms with Crippen molar-refractivity contribution in [1.29, 1.82) is 0 Å². The predicted octanol–water partition coefficient (Wildman–Crippen LogP) is 3.79. The van der Waals surface area contributed by atoms with Crippen LogP contribution >= 0.6 is 0 Å². The molecule has 110 valence electrons. The Morgan fingerprint density at radius 3 is 2.52 bits per heavy atom. The van der Waals surface area contributed by atoms with Crippen molar-refractivity contribution in [1.82, 2.24) is 0 Å². The van der Waals surface area contributed by atoms with Crippen LogP contribution in [0.1, 0.15) is 22.3 Å². The third kappa shape index (κ3) is 3.44. The molecule has 0 saturated heterocycles. The molecule has 2 aromatic rings. The summed E-state index contributed by atoms with van der Waals surface area (Å²) < 4.78 is 5.45. The van der Waals surface area contributed by atoms with Crippen molar-refractivity contribution in [2.75, 3.05) is 19.2 Å². The molecule has 0 aliphatic carbocycles.